The fraction of sp³-hybridized carbons (Fsp3) is 0.462. The Bertz CT molecular complexity index is 600. The van der Waals surface area contributed by atoms with Crippen molar-refractivity contribution in [1.82, 2.24) is 9.97 Å². The lowest BCUT2D eigenvalue weighted by molar-refractivity contribution is -0.138. The fourth-order valence-corrected chi connectivity index (χ4v) is 2.88. The molecule has 0 saturated carbocycles. The van der Waals surface area contributed by atoms with E-state index in [4.69, 9.17) is 4.74 Å². The molecule has 2 rings (SSSR count). The Balaban J connectivity index is 2.18. The van der Waals surface area contributed by atoms with Crippen LogP contribution in [0.3, 0.4) is 0 Å². The summed E-state index contributed by atoms with van der Waals surface area (Å²) >= 11 is 1.52. The molecule has 2 aromatic heterocycles. The minimum Gasteiger partial charge on any atom is -0.480 e. The molecule has 0 aliphatic carbocycles. The fourth-order valence-electron chi connectivity index (χ4n) is 1.93. The van der Waals surface area contributed by atoms with E-state index in [9.17, 15) is 9.90 Å². The number of aliphatic carboxylic acids is 1. The predicted molar refractivity (Wildman–Crippen MR) is 78.3 cm³/mol. The molecule has 108 valence electrons. The van der Waals surface area contributed by atoms with E-state index in [0.717, 1.165) is 15.8 Å². The van der Waals surface area contributed by atoms with Crippen LogP contribution in [-0.2, 0) is 9.53 Å². The Morgan fingerprint density at radius 3 is 3.05 bits per heavy atom. The number of rotatable bonds is 7. The molecule has 20 heavy (non-hydrogen) atoms. The first-order valence-electron chi connectivity index (χ1n) is 6.30. The maximum absolute atomic E-state index is 11.3. The zero-order chi connectivity index (χ0) is 14.5. The summed E-state index contributed by atoms with van der Waals surface area (Å²) in [6.07, 6.45) is 2.62. The first-order chi connectivity index (χ1) is 9.63. The topological polar surface area (TPSA) is 84.3 Å². The van der Waals surface area contributed by atoms with Crippen LogP contribution in [0.5, 0.6) is 0 Å². The molecule has 1 unspecified atom stereocenters. The van der Waals surface area contributed by atoms with E-state index >= 15 is 0 Å². The molecule has 6 nitrogen and oxygen atoms in total. The smallest absolute Gasteiger partial charge is 0.326 e. The van der Waals surface area contributed by atoms with Crippen molar-refractivity contribution in [3.63, 3.8) is 0 Å². The summed E-state index contributed by atoms with van der Waals surface area (Å²) in [7, 11) is 1.60. The number of carbonyl (C=O) groups is 1. The highest BCUT2D eigenvalue weighted by molar-refractivity contribution is 7.18. The van der Waals surface area contributed by atoms with Crippen molar-refractivity contribution in [2.75, 3.05) is 19.0 Å². The van der Waals surface area contributed by atoms with Gasteiger partial charge in [0.1, 0.15) is 18.2 Å². The number of aryl methyl sites for hydroxylation is 1. The lowest BCUT2D eigenvalue weighted by atomic mass is 10.1. The van der Waals surface area contributed by atoms with Gasteiger partial charge < -0.3 is 15.2 Å². The summed E-state index contributed by atoms with van der Waals surface area (Å²) < 4.78 is 5.84. The first kappa shape index (κ1) is 14.7. The molecule has 0 aliphatic heterocycles. The Labute approximate surface area is 120 Å². The molecule has 7 heteroatoms. The lowest BCUT2D eigenvalue weighted by Gasteiger charge is -2.15. The number of ether oxygens (including phenoxy) is 1. The number of hydrogen-bond donors (Lipinski definition) is 2. The molecule has 0 fully saturated rings. The summed E-state index contributed by atoms with van der Waals surface area (Å²) in [4.78, 5) is 19.7. The van der Waals surface area contributed by atoms with Gasteiger partial charge in [0.2, 0.25) is 0 Å². The Morgan fingerprint density at radius 1 is 1.55 bits per heavy atom. The molecular formula is C13H17N3O3S. The largest absolute Gasteiger partial charge is 0.480 e. The van der Waals surface area contributed by atoms with Crippen LogP contribution in [0.1, 0.15) is 18.4 Å². The summed E-state index contributed by atoms with van der Waals surface area (Å²) in [5.74, 6) is -0.306. The van der Waals surface area contributed by atoms with Crippen molar-refractivity contribution in [2.24, 2.45) is 0 Å². The highest BCUT2D eigenvalue weighted by Gasteiger charge is 2.19. The molecular weight excluding hydrogens is 278 g/mol. The summed E-state index contributed by atoms with van der Waals surface area (Å²) in [5, 5.41) is 14.3. The molecule has 0 spiro atoms. The van der Waals surface area contributed by atoms with E-state index in [1.54, 1.807) is 7.11 Å². The van der Waals surface area contributed by atoms with Gasteiger partial charge in [-0.15, -0.1) is 11.3 Å². The second-order valence-corrected chi connectivity index (χ2v) is 5.37. The van der Waals surface area contributed by atoms with Crippen LogP contribution < -0.4 is 5.32 Å². The van der Waals surface area contributed by atoms with E-state index in [1.165, 1.54) is 17.7 Å². The van der Waals surface area contributed by atoms with Crippen LogP contribution in [0.25, 0.3) is 10.2 Å². The summed E-state index contributed by atoms with van der Waals surface area (Å²) in [6.45, 7) is 2.52. The third-order valence-electron chi connectivity index (χ3n) is 2.98. The second-order valence-electron chi connectivity index (χ2n) is 4.49. The van der Waals surface area contributed by atoms with Crippen LogP contribution in [-0.4, -0.2) is 40.8 Å². The van der Waals surface area contributed by atoms with Crippen LogP contribution >= 0.6 is 11.3 Å². The summed E-state index contributed by atoms with van der Waals surface area (Å²) in [6, 6.07) is -0.675. The van der Waals surface area contributed by atoms with Crippen molar-refractivity contribution >= 4 is 33.3 Å². The van der Waals surface area contributed by atoms with Gasteiger partial charge in [-0.3, -0.25) is 0 Å². The number of methoxy groups -OCH3 is 1. The van der Waals surface area contributed by atoms with Crippen LogP contribution in [0.15, 0.2) is 11.7 Å². The van der Waals surface area contributed by atoms with E-state index in [-0.39, 0.29) is 0 Å². The molecule has 2 N–H and O–H groups in total. The van der Waals surface area contributed by atoms with Crippen molar-refractivity contribution < 1.29 is 14.6 Å². The Hall–Kier alpha value is -1.73. The monoisotopic (exact) mass is 295 g/mol. The number of fused-ring (bicyclic) bond motifs is 1. The number of hydrogen-bond acceptors (Lipinski definition) is 6. The van der Waals surface area contributed by atoms with Gasteiger partial charge in [0.15, 0.2) is 0 Å². The molecule has 0 radical (unpaired) electrons. The van der Waals surface area contributed by atoms with Gasteiger partial charge in [0, 0.05) is 13.7 Å². The number of aromatic nitrogens is 2. The van der Waals surface area contributed by atoms with Crippen molar-refractivity contribution in [3.8, 4) is 0 Å². The average Bonchev–Trinajstić information content (AvgIpc) is 2.80. The third-order valence-corrected chi connectivity index (χ3v) is 4.08. The van der Waals surface area contributed by atoms with Gasteiger partial charge in [-0.25, -0.2) is 14.8 Å². The van der Waals surface area contributed by atoms with E-state index in [0.29, 0.717) is 25.3 Å². The minimum absolute atomic E-state index is 0.485. The van der Waals surface area contributed by atoms with Crippen molar-refractivity contribution in [3.05, 3.63) is 17.3 Å². The van der Waals surface area contributed by atoms with Crippen LogP contribution in [0.2, 0.25) is 0 Å². The highest BCUT2D eigenvalue weighted by atomic mass is 32.1. The van der Waals surface area contributed by atoms with Crippen molar-refractivity contribution in [2.45, 2.75) is 25.8 Å². The SMILES string of the molecule is COCCCC(Nc1ncnc2c(C)csc12)C(=O)O. The normalized spacial score (nSPS) is 12.5. The minimum atomic E-state index is -0.888. The number of anilines is 1. The molecule has 0 aromatic carbocycles. The number of carboxylic acids is 1. The number of nitrogens with zero attached hydrogens (tertiary/aromatic N) is 2. The molecule has 2 aromatic rings. The standard InChI is InChI=1S/C13H17N3O3S/c1-8-6-20-11-10(8)14-7-15-12(11)16-9(13(17)18)4-3-5-19-2/h6-7,9H,3-5H2,1-2H3,(H,17,18)(H,14,15,16). The molecule has 0 bridgehead atoms. The molecule has 0 amide bonds. The van der Waals surface area contributed by atoms with Gasteiger partial charge in [-0.05, 0) is 30.7 Å². The number of carboxylic acid groups (broad SMARTS) is 1. The molecule has 2 heterocycles. The molecule has 0 aliphatic rings. The third kappa shape index (κ3) is 3.23. The van der Waals surface area contributed by atoms with Gasteiger partial charge in [0.05, 0.1) is 10.2 Å². The maximum Gasteiger partial charge on any atom is 0.326 e. The summed E-state index contributed by atoms with van der Waals surface area (Å²) in [5.41, 5.74) is 1.94. The Kier molecular flexibility index (Phi) is 4.86. The van der Waals surface area contributed by atoms with Gasteiger partial charge >= 0.3 is 5.97 Å². The zero-order valence-corrected chi connectivity index (χ0v) is 12.2. The molecule has 1 atom stereocenters. The predicted octanol–water partition coefficient (Wildman–Crippen LogP) is 2.29. The number of nitrogens with one attached hydrogen (secondary N) is 1. The number of thiophene rings is 1. The van der Waals surface area contributed by atoms with Gasteiger partial charge in [-0.2, -0.15) is 0 Å². The highest BCUT2D eigenvalue weighted by Crippen LogP contribution is 2.29. The maximum atomic E-state index is 11.3. The quantitative estimate of drug-likeness (QED) is 0.762. The first-order valence-corrected chi connectivity index (χ1v) is 7.18. The van der Waals surface area contributed by atoms with E-state index in [2.05, 4.69) is 15.3 Å². The van der Waals surface area contributed by atoms with Gasteiger partial charge in [0.25, 0.3) is 0 Å². The lowest BCUT2D eigenvalue weighted by Crippen LogP contribution is -2.30. The van der Waals surface area contributed by atoms with E-state index in [1.807, 2.05) is 12.3 Å². The van der Waals surface area contributed by atoms with Crippen molar-refractivity contribution in [1.29, 1.82) is 0 Å². The average molecular weight is 295 g/mol. The molecule has 0 saturated heterocycles. The zero-order valence-electron chi connectivity index (χ0n) is 11.4. The van der Waals surface area contributed by atoms with Gasteiger partial charge in [-0.1, -0.05) is 0 Å². The second kappa shape index (κ2) is 6.62. The van der Waals surface area contributed by atoms with Crippen LogP contribution in [0, 0.1) is 6.92 Å². The Morgan fingerprint density at radius 2 is 2.35 bits per heavy atom. The van der Waals surface area contributed by atoms with E-state index < -0.39 is 12.0 Å². The van der Waals surface area contributed by atoms with Crippen LogP contribution in [0.4, 0.5) is 5.82 Å².